The highest BCUT2D eigenvalue weighted by atomic mass is 32.2. The van der Waals surface area contributed by atoms with Crippen molar-refractivity contribution in [2.75, 3.05) is 18.6 Å². The Kier molecular flexibility index (Phi) is 4.90. The van der Waals surface area contributed by atoms with Crippen LogP contribution in [-0.2, 0) is 19.6 Å². The lowest BCUT2D eigenvalue weighted by molar-refractivity contribution is -0.139. The van der Waals surface area contributed by atoms with Gasteiger partial charge in [-0.1, -0.05) is 0 Å². The number of nitrogens with two attached hydrogens (primary N) is 1. The number of carbonyl (C=O) groups is 1. The van der Waals surface area contributed by atoms with Crippen molar-refractivity contribution < 1.29 is 17.9 Å². The molecule has 0 bridgehead atoms. The van der Waals surface area contributed by atoms with Crippen LogP contribution >= 0.6 is 0 Å². The molecule has 7 heteroatoms. The minimum absolute atomic E-state index is 0.0398. The van der Waals surface area contributed by atoms with Crippen LogP contribution in [0.25, 0.3) is 0 Å². The van der Waals surface area contributed by atoms with E-state index in [2.05, 4.69) is 4.74 Å². The maximum Gasteiger partial charge on any atom is 0.325 e. The van der Waals surface area contributed by atoms with Gasteiger partial charge in [-0.2, -0.15) is 0 Å². The summed E-state index contributed by atoms with van der Waals surface area (Å²) >= 11 is 0. The maximum atomic E-state index is 11.3. The van der Waals surface area contributed by atoms with Crippen molar-refractivity contribution >= 4 is 21.7 Å². The average molecular weight is 286 g/mol. The molecule has 0 unspecified atom stereocenters. The van der Waals surface area contributed by atoms with Crippen LogP contribution < -0.4 is 10.0 Å². The molecule has 1 aromatic carbocycles. The zero-order valence-electron chi connectivity index (χ0n) is 11.2. The van der Waals surface area contributed by atoms with Crippen molar-refractivity contribution in [3.8, 4) is 0 Å². The van der Waals surface area contributed by atoms with Gasteiger partial charge in [0.2, 0.25) is 10.0 Å². The van der Waals surface area contributed by atoms with Gasteiger partial charge in [0, 0.05) is 11.7 Å². The van der Waals surface area contributed by atoms with E-state index in [1.165, 1.54) is 19.2 Å². The van der Waals surface area contributed by atoms with E-state index < -0.39 is 10.0 Å². The standard InChI is InChI=1S/C12H18N2O4S/c1-9(2)14(8-12(15)18-3)10-4-6-11(7-5-10)19(13,16)17/h4-7,9H,8H2,1-3H3,(H2,13,16,17). The van der Waals surface area contributed by atoms with Crippen LogP contribution in [-0.4, -0.2) is 34.1 Å². The molecule has 19 heavy (non-hydrogen) atoms. The average Bonchev–Trinajstić information content (AvgIpc) is 2.34. The molecule has 0 spiro atoms. The molecule has 0 atom stereocenters. The lowest BCUT2D eigenvalue weighted by atomic mass is 10.2. The fourth-order valence-corrected chi connectivity index (χ4v) is 2.12. The first-order valence-electron chi connectivity index (χ1n) is 5.72. The molecular weight excluding hydrogens is 268 g/mol. The van der Waals surface area contributed by atoms with Gasteiger partial charge < -0.3 is 9.64 Å². The fourth-order valence-electron chi connectivity index (χ4n) is 1.60. The van der Waals surface area contributed by atoms with Gasteiger partial charge >= 0.3 is 5.97 Å². The van der Waals surface area contributed by atoms with Crippen molar-refractivity contribution in [1.82, 2.24) is 0 Å². The number of primary sulfonamides is 1. The van der Waals surface area contributed by atoms with Gasteiger partial charge in [0.05, 0.1) is 12.0 Å². The third-order valence-electron chi connectivity index (χ3n) is 2.65. The molecule has 0 saturated carbocycles. The summed E-state index contributed by atoms with van der Waals surface area (Å²) in [7, 11) is -2.38. The van der Waals surface area contributed by atoms with Gasteiger partial charge in [-0.15, -0.1) is 0 Å². The topological polar surface area (TPSA) is 89.7 Å². The van der Waals surface area contributed by atoms with Gasteiger partial charge in [0.1, 0.15) is 6.54 Å². The Balaban J connectivity index is 3.01. The number of benzene rings is 1. The van der Waals surface area contributed by atoms with Crippen LogP contribution in [0.15, 0.2) is 29.2 Å². The molecular formula is C12H18N2O4S. The van der Waals surface area contributed by atoms with E-state index in [-0.39, 0.29) is 23.5 Å². The number of methoxy groups -OCH3 is 1. The van der Waals surface area contributed by atoms with Crippen molar-refractivity contribution in [2.45, 2.75) is 24.8 Å². The molecule has 0 aliphatic heterocycles. The summed E-state index contributed by atoms with van der Waals surface area (Å²) in [5.41, 5.74) is 0.729. The minimum atomic E-state index is -3.70. The van der Waals surface area contributed by atoms with Gasteiger partial charge in [0.15, 0.2) is 0 Å². The molecule has 0 aliphatic carbocycles. The van der Waals surface area contributed by atoms with E-state index in [9.17, 15) is 13.2 Å². The summed E-state index contributed by atoms with van der Waals surface area (Å²) in [5, 5.41) is 5.03. The number of ether oxygens (including phenoxy) is 1. The quantitative estimate of drug-likeness (QED) is 0.806. The van der Waals surface area contributed by atoms with Crippen molar-refractivity contribution in [2.24, 2.45) is 5.14 Å². The first kappa shape index (κ1) is 15.5. The predicted octanol–water partition coefficient (Wildman–Crippen LogP) is 0.722. The van der Waals surface area contributed by atoms with E-state index in [0.717, 1.165) is 5.69 Å². The number of esters is 1. The molecule has 2 N–H and O–H groups in total. The Morgan fingerprint density at radius 1 is 1.32 bits per heavy atom. The van der Waals surface area contributed by atoms with Crippen LogP contribution in [0.4, 0.5) is 5.69 Å². The fraction of sp³-hybridized carbons (Fsp3) is 0.417. The second-order valence-electron chi connectivity index (χ2n) is 4.34. The molecule has 106 valence electrons. The van der Waals surface area contributed by atoms with Crippen molar-refractivity contribution in [1.29, 1.82) is 0 Å². The largest absolute Gasteiger partial charge is 0.468 e. The molecule has 0 heterocycles. The van der Waals surface area contributed by atoms with Crippen LogP contribution in [0.2, 0.25) is 0 Å². The van der Waals surface area contributed by atoms with Crippen molar-refractivity contribution in [3.63, 3.8) is 0 Å². The van der Waals surface area contributed by atoms with Gasteiger partial charge in [-0.05, 0) is 38.1 Å². The lowest BCUT2D eigenvalue weighted by Gasteiger charge is -2.27. The predicted molar refractivity (Wildman–Crippen MR) is 72.3 cm³/mol. The monoisotopic (exact) mass is 286 g/mol. The Labute approximate surface area is 113 Å². The smallest absolute Gasteiger partial charge is 0.325 e. The molecule has 0 fully saturated rings. The molecule has 0 radical (unpaired) electrons. The summed E-state index contributed by atoms with van der Waals surface area (Å²) < 4.78 is 27.0. The van der Waals surface area contributed by atoms with Crippen LogP contribution in [0.3, 0.4) is 0 Å². The Bertz CT molecular complexity index is 537. The Morgan fingerprint density at radius 2 is 1.84 bits per heavy atom. The van der Waals surface area contributed by atoms with Crippen LogP contribution in [0.1, 0.15) is 13.8 Å². The third kappa shape index (κ3) is 4.22. The maximum absolute atomic E-state index is 11.3. The second kappa shape index (κ2) is 6.03. The highest BCUT2D eigenvalue weighted by Crippen LogP contribution is 2.19. The van der Waals surface area contributed by atoms with Crippen LogP contribution in [0, 0.1) is 0 Å². The van der Waals surface area contributed by atoms with E-state index in [1.54, 1.807) is 17.0 Å². The van der Waals surface area contributed by atoms with E-state index in [4.69, 9.17) is 5.14 Å². The van der Waals surface area contributed by atoms with Gasteiger partial charge in [0.25, 0.3) is 0 Å². The number of hydrogen-bond acceptors (Lipinski definition) is 5. The number of carbonyl (C=O) groups excluding carboxylic acids is 1. The third-order valence-corrected chi connectivity index (χ3v) is 3.58. The number of rotatable bonds is 5. The summed E-state index contributed by atoms with van der Waals surface area (Å²) in [5.74, 6) is -0.357. The molecule has 0 aromatic heterocycles. The molecule has 1 aromatic rings. The number of anilines is 1. The molecule has 0 amide bonds. The summed E-state index contributed by atoms with van der Waals surface area (Å²) in [6.45, 7) is 3.95. The number of sulfonamides is 1. The van der Waals surface area contributed by atoms with Gasteiger partial charge in [-0.25, -0.2) is 13.6 Å². The second-order valence-corrected chi connectivity index (χ2v) is 5.90. The van der Waals surface area contributed by atoms with Crippen LogP contribution in [0.5, 0.6) is 0 Å². The van der Waals surface area contributed by atoms with E-state index in [1.807, 2.05) is 13.8 Å². The molecule has 0 aliphatic rings. The van der Waals surface area contributed by atoms with Gasteiger partial charge in [-0.3, -0.25) is 4.79 Å². The summed E-state index contributed by atoms with van der Waals surface area (Å²) in [6.07, 6.45) is 0. The highest BCUT2D eigenvalue weighted by molar-refractivity contribution is 7.89. The normalized spacial score (nSPS) is 11.4. The van der Waals surface area contributed by atoms with E-state index >= 15 is 0 Å². The lowest BCUT2D eigenvalue weighted by Crippen LogP contribution is -2.36. The summed E-state index contributed by atoms with van der Waals surface area (Å²) in [4.78, 5) is 13.2. The molecule has 1 rings (SSSR count). The summed E-state index contributed by atoms with van der Waals surface area (Å²) in [6, 6.07) is 6.12. The first-order chi connectivity index (χ1) is 8.75. The molecule has 6 nitrogen and oxygen atoms in total. The number of hydrogen-bond donors (Lipinski definition) is 1. The zero-order valence-corrected chi connectivity index (χ0v) is 12.0. The minimum Gasteiger partial charge on any atom is -0.468 e. The highest BCUT2D eigenvalue weighted by Gasteiger charge is 2.16. The Hall–Kier alpha value is -1.60. The first-order valence-corrected chi connectivity index (χ1v) is 7.26. The van der Waals surface area contributed by atoms with Crippen molar-refractivity contribution in [3.05, 3.63) is 24.3 Å². The zero-order chi connectivity index (χ0) is 14.6. The number of nitrogens with zero attached hydrogens (tertiary/aromatic N) is 1. The SMILES string of the molecule is COC(=O)CN(c1ccc(S(N)(=O)=O)cc1)C(C)C. The van der Waals surface area contributed by atoms with E-state index in [0.29, 0.717) is 0 Å². The molecule has 0 saturated heterocycles. The Morgan fingerprint density at radius 3 is 2.21 bits per heavy atom.